The molecule has 134 valence electrons. The lowest BCUT2D eigenvalue weighted by Gasteiger charge is -2.08. The summed E-state index contributed by atoms with van der Waals surface area (Å²) < 4.78 is 0. The lowest BCUT2D eigenvalue weighted by atomic mass is 9.93. The van der Waals surface area contributed by atoms with E-state index in [9.17, 15) is 25.8 Å². The van der Waals surface area contributed by atoms with Gasteiger partial charge in [-0.05, 0) is 58.1 Å². The molecule has 0 heterocycles. The van der Waals surface area contributed by atoms with Crippen LogP contribution >= 0.6 is 0 Å². The molecule has 0 amide bonds. The lowest BCUT2D eigenvalue weighted by molar-refractivity contribution is 0.104. The monoisotopic (exact) mass is 380 g/mol. The molecule has 0 radical (unpaired) electrons. The average Bonchev–Trinajstić information content (AvgIpc) is 3.26. The van der Waals surface area contributed by atoms with E-state index < -0.39 is 0 Å². The summed E-state index contributed by atoms with van der Waals surface area (Å²) in [5, 5.41) is 37.6. The lowest BCUT2D eigenvalue weighted by Crippen LogP contribution is -1.99. The number of allylic oxidation sites excluding steroid dienone is 1. The number of rotatable bonds is 0. The van der Waals surface area contributed by atoms with E-state index in [2.05, 4.69) is 12.1 Å². The maximum atomic E-state index is 13.3. The van der Waals surface area contributed by atoms with Crippen molar-refractivity contribution in [3.05, 3.63) is 87.5 Å². The van der Waals surface area contributed by atoms with Crippen molar-refractivity contribution >= 4 is 11.4 Å². The number of ketones is 1. The number of benzene rings is 3. The third kappa shape index (κ3) is 2.04. The highest BCUT2D eigenvalue weighted by atomic mass is 16.1. The van der Waals surface area contributed by atoms with E-state index in [4.69, 9.17) is 0 Å². The number of nitriles is 4. The minimum Gasteiger partial charge on any atom is -0.289 e. The fourth-order valence-electron chi connectivity index (χ4n) is 4.31. The van der Waals surface area contributed by atoms with Gasteiger partial charge in [0.25, 0.3) is 0 Å². The molecule has 0 atom stereocenters. The number of nitrogens with zero attached hydrogens (tertiary/aromatic N) is 4. The van der Waals surface area contributed by atoms with Gasteiger partial charge in [0.15, 0.2) is 5.78 Å². The molecule has 0 N–H and O–H groups in total. The maximum absolute atomic E-state index is 13.3. The normalized spacial score (nSPS) is 11.9. The van der Waals surface area contributed by atoms with Crippen molar-refractivity contribution in [3.63, 3.8) is 0 Å². The molecule has 0 aromatic heterocycles. The quantitative estimate of drug-likeness (QED) is 0.368. The second-order valence-corrected chi connectivity index (χ2v) is 6.96. The topological polar surface area (TPSA) is 112 Å². The van der Waals surface area contributed by atoms with Gasteiger partial charge < -0.3 is 0 Å². The van der Waals surface area contributed by atoms with E-state index in [-0.39, 0.29) is 11.4 Å². The summed E-state index contributed by atoms with van der Waals surface area (Å²) in [7, 11) is 0. The first-order chi connectivity index (χ1) is 14.6. The number of hydrogen-bond acceptors (Lipinski definition) is 5. The van der Waals surface area contributed by atoms with E-state index in [0.29, 0.717) is 61.2 Å². The summed E-state index contributed by atoms with van der Waals surface area (Å²) >= 11 is 0. The van der Waals surface area contributed by atoms with E-state index in [0.717, 1.165) is 0 Å². The van der Waals surface area contributed by atoms with Crippen molar-refractivity contribution < 1.29 is 4.79 Å². The van der Waals surface area contributed by atoms with E-state index >= 15 is 0 Å². The molecule has 30 heavy (non-hydrogen) atoms. The molecule has 0 bridgehead atoms. The van der Waals surface area contributed by atoms with Gasteiger partial charge in [0.1, 0.15) is 17.7 Å². The summed E-state index contributed by atoms with van der Waals surface area (Å²) in [6, 6.07) is 21.7. The van der Waals surface area contributed by atoms with Gasteiger partial charge in [-0.15, -0.1) is 0 Å². The number of carbonyl (C=O) groups is 1. The Kier molecular flexibility index (Phi) is 3.44. The van der Waals surface area contributed by atoms with Gasteiger partial charge in [0.05, 0.1) is 23.3 Å². The number of fused-ring (bicyclic) bond motifs is 7. The Bertz CT molecular complexity index is 1530. The van der Waals surface area contributed by atoms with Crippen LogP contribution in [0.25, 0.3) is 27.8 Å². The molecule has 5 rings (SSSR count). The number of carbonyl (C=O) groups excluding carboxylic acids is 1. The zero-order chi connectivity index (χ0) is 21.0. The van der Waals surface area contributed by atoms with Crippen LogP contribution in [0.15, 0.2) is 54.1 Å². The highest BCUT2D eigenvalue weighted by Gasteiger charge is 2.36. The Morgan fingerprint density at radius 1 is 0.600 bits per heavy atom. The molecule has 0 spiro atoms. The third-order valence-electron chi connectivity index (χ3n) is 5.55. The molecular weight excluding hydrogens is 372 g/mol. The highest BCUT2D eigenvalue weighted by Crippen LogP contribution is 2.52. The van der Waals surface area contributed by atoms with Crippen LogP contribution in [0.3, 0.4) is 0 Å². The first-order valence-electron chi connectivity index (χ1n) is 8.99. The highest BCUT2D eigenvalue weighted by molar-refractivity contribution is 6.27. The smallest absolute Gasteiger partial charge is 0.194 e. The van der Waals surface area contributed by atoms with E-state index in [1.807, 2.05) is 12.1 Å². The van der Waals surface area contributed by atoms with Gasteiger partial charge in [0, 0.05) is 22.3 Å². The molecule has 0 aliphatic heterocycles. The zero-order valence-electron chi connectivity index (χ0n) is 15.3. The molecule has 2 aliphatic rings. The van der Waals surface area contributed by atoms with Crippen molar-refractivity contribution in [3.8, 4) is 46.5 Å². The predicted octanol–water partition coefficient (Wildman–Crippen LogP) is 4.47. The van der Waals surface area contributed by atoms with Crippen LogP contribution in [0.5, 0.6) is 0 Å². The fourth-order valence-corrected chi connectivity index (χ4v) is 4.31. The standard InChI is InChI=1S/C25H8N4O/c26-9-13-2-4-18-20(7-13)16-5-6-19-22(15(11-28)12-29)17-3-1-14(10-27)8-21(17)23(19)24(16)25(18)30/h1-8H. The molecular formula is C25H8N4O. The third-order valence-corrected chi connectivity index (χ3v) is 5.55. The molecule has 0 saturated heterocycles. The number of hydrogen-bond donors (Lipinski definition) is 0. The van der Waals surface area contributed by atoms with E-state index in [1.54, 1.807) is 48.5 Å². The van der Waals surface area contributed by atoms with Crippen molar-refractivity contribution in [1.82, 2.24) is 0 Å². The summed E-state index contributed by atoms with van der Waals surface area (Å²) in [5.41, 5.74) is 6.22. The molecule has 3 aromatic rings. The van der Waals surface area contributed by atoms with Gasteiger partial charge >= 0.3 is 0 Å². The molecule has 2 aliphatic carbocycles. The first-order valence-corrected chi connectivity index (χ1v) is 8.99. The second kappa shape index (κ2) is 6.02. The van der Waals surface area contributed by atoms with Gasteiger partial charge in [-0.1, -0.05) is 18.2 Å². The second-order valence-electron chi connectivity index (χ2n) is 6.96. The zero-order valence-corrected chi connectivity index (χ0v) is 15.3. The van der Waals surface area contributed by atoms with Crippen molar-refractivity contribution in [1.29, 1.82) is 21.0 Å². The summed E-state index contributed by atoms with van der Waals surface area (Å²) in [6.45, 7) is 0. The van der Waals surface area contributed by atoms with Crippen LogP contribution in [-0.4, -0.2) is 5.78 Å². The van der Waals surface area contributed by atoms with Crippen LogP contribution in [-0.2, 0) is 0 Å². The summed E-state index contributed by atoms with van der Waals surface area (Å²) in [4.78, 5) is 13.3. The minimum atomic E-state index is -0.175. The largest absolute Gasteiger partial charge is 0.289 e. The van der Waals surface area contributed by atoms with Crippen molar-refractivity contribution in [2.24, 2.45) is 0 Å². The van der Waals surface area contributed by atoms with Crippen LogP contribution in [0.2, 0.25) is 0 Å². The first kappa shape index (κ1) is 17.2. The van der Waals surface area contributed by atoms with Crippen LogP contribution < -0.4 is 0 Å². The fraction of sp³-hybridized carbons (Fsp3) is 0. The van der Waals surface area contributed by atoms with E-state index in [1.165, 1.54) is 0 Å². The van der Waals surface area contributed by atoms with Gasteiger partial charge in [-0.3, -0.25) is 4.79 Å². The predicted molar refractivity (Wildman–Crippen MR) is 107 cm³/mol. The molecule has 0 saturated carbocycles. The SMILES string of the molecule is N#CC(C#N)=C1c2ccc(C#N)cc2-c2c1ccc1c2C(=O)c2ccc(C#N)cc2-1. The van der Waals surface area contributed by atoms with Crippen molar-refractivity contribution in [2.45, 2.75) is 0 Å². The summed E-state index contributed by atoms with van der Waals surface area (Å²) in [6.07, 6.45) is 0. The Morgan fingerprint density at radius 3 is 1.80 bits per heavy atom. The van der Waals surface area contributed by atoms with Crippen LogP contribution in [0.4, 0.5) is 0 Å². The average molecular weight is 380 g/mol. The molecule has 3 aromatic carbocycles. The Hall–Kier alpha value is -4.97. The summed E-state index contributed by atoms with van der Waals surface area (Å²) in [5.74, 6) is -0.175. The Morgan fingerprint density at radius 2 is 1.17 bits per heavy atom. The van der Waals surface area contributed by atoms with Crippen LogP contribution in [0.1, 0.15) is 38.2 Å². The minimum absolute atomic E-state index is 0.0469. The van der Waals surface area contributed by atoms with Gasteiger partial charge in [0.2, 0.25) is 0 Å². The Labute approximate surface area is 171 Å². The molecule has 5 nitrogen and oxygen atoms in total. The molecule has 0 fully saturated rings. The molecule has 5 heteroatoms. The van der Waals surface area contributed by atoms with Gasteiger partial charge in [-0.25, -0.2) is 0 Å². The van der Waals surface area contributed by atoms with Gasteiger partial charge in [-0.2, -0.15) is 21.0 Å². The van der Waals surface area contributed by atoms with Crippen molar-refractivity contribution in [2.75, 3.05) is 0 Å². The Balaban J connectivity index is 1.93. The maximum Gasteiger partial charge on any atom is 0.194 e. The van der Waals surface area contributed by atoms with Crippen LogP contribution in [0, 0.1) is 45.3 Å². The molecule has 0 unspecified atom stereocenters.